The minimum absolute atomic E-state index is 0.104. The topological polar surface area (TPSA) is 47.0 Å². The quantitative estimate of drug-likeness (QED) is 0.692. The van der Waals surface area contributed by atoms with E-state index in [9.17, 15) is 4.79 Å². The molecule has 0 bridgehead atoms. The van der Waals surface area contributed by atoms with Gasteiger partial charge in [-0.1, -0.05) is 0 Å². The predicted molar refractivity (Wildman–Crippen MR) is 60.7 cm³/mol. The highest BCUT2D eigenvalue weighted by atomic mass is 32.1. The first kappa shape index (κ1) is 11.5. The molecule has 1 heterocycles. The summed E-state index contributed by atoms with van der Waals surface area (Å²) in [5, 5.41) is 9.07. The monoisotopic (exact) mass is 227 g/mol. The highest BCUT2D eigenvalue weighted by Crippen LogP contribution is 2.05. The van der Waals surface area contributed by atoms with Crippen LogP contribution >= 0.6 is 12.2 Å². The normalized spacial score (nSPS) is 14.3. The van der Waals surface area contributed by atoms with Crippen LogP contribution < -0.4 is 0 Å². The molecule has 0 saturated carbocycles. The Morgan fingerprint density at radius 2 is 1.93 bits per heavy atom. The lowest BCUT2D eigenvalue weighted by Gasteiger charge is -2.27. The minimum Gasteiger partial charge on any atom is -0.480 e. The molecular formula is C9H13N3O2S. The molecule has 0 radical (unpaired) electrons. The minimum atomic E-state index is -0.901. The van der Waals surface area contributed by atoms with Crippen molar-refractivity contribution in [3.8, 4) is 0 Å². The lowest BCUT2D eigenvalue weighted by Crippen LogP contribution is -2.39. The van der Waals surface area contributed by atoms with Gasteiger partial charge in [-0.3, -0.25) is 9.69 Å². The van der Waals surface area contributed by atoms with Crippen LogP contribution in [0.25, 0.3) is 0 Å². The summed E-state index contributed by atoms with van der Waals surface area (Å²) in [6.07, 6.45) is 7.23. The molecule has 0 amide bonds. The Bertz CT molecular complexity index is 313. The number of nitrogens with zero attached hydrogens (tertiary/aromatic N) is 3. The zero-order valence-corrected chi connectivity index (χ0v) is 9.44. The number of rotatable bonds is 2. The van der Waals surface area contributed by atoms with Gasteiger partial charge in [0.2, 0.25) is 0 Å². The van der Waals surface area contributed by atoms with Gasteiger partial charge < -0.3 is 14.9 Å². The Morgan fingerprint density at radius 1 is 1.40 bits per heavy atom. The molecule has 0 unspecified atom stereocenters. The van der Waals surface area contributed by atoms with Crippen molar-refractivity contribution >= 4 is 23.3 Å². The van der Waals surface area contributed by atoms with E-state index in [2.05, 4.69) is 0 Å². The molecular weight excluding hydrogens is 214 g/mol. The third-order valence-corrected chi connectivity index (χ3v) is 2.37. The van der Waals surface area contributed by atoms with E-state index in [1.165, 1.54) is 4.90 Å². The SMILES string of the molecule is CN1C=CN(C(=S)N(C)CC(=O)O)C=C1. The molecule has 0 saturated heterocycles. The van der Waals surface area contributed by atoms with Gasteiger partial charge in [0.15, 0.2) is 5.11 Å². The third kappa shape index (κ3) is 3.25. The van der Waals surface area contributed by atoms with Crippen molar-refractivity contribution < 1.29 is 9.90 Å². The Balaban J connectivity index is 2.58. The average Bonchev–Trinajstić information content (AvgIpc) is 2.17. The molecule has 15 heavy (non-hydrogen) atoms. The number of carboxylic acid groups (broad SMARTS) is 1. The Hall–Kier alpha value is -1.56. The number of thiocarbonyl (C=S) groups is 1. The zero-order chi connectivity index (χ0) is 11.4. The van der Waals surface area contributed by atoms with Crippen LogP contribution in [0.15, 0.2) is 24.8 Å². The first-order valence-corrected chi connectivity index (χ1v) is 4.75. The van der Waals surface area contributed by atoms with E-state index in [1.54, 1.807) is 24.3 Å². The van der Waals surface area contributed by atoms with Gasteiger partial charge in [-0.15, -0.1) is 0 Å². The van der Waals surface area contributed by atoms with Crippen molar-refractivity contribution in [1.29, 1.82) is 0 Å². The van der Waals surface area contributed by atoms with Crippen LogP contribution in [0, 0.1) is 0 Å². The first-order valence-electron chi connectivity index (χ1n) is 4.34. The first-order chi connectivity index (χ1) is 7.00. The van der Waals surface area contributed by atoms with Crippen molar-refractivity contribution in [2.45, 2.75) is 0 Å². The van der Waals surface area contributed by atoms with Gasteiger partial charge in [0.25, 0.3) is 0 Å². The van der Waals surface area contributed by atoms with Crippen molar-refractivity contribution in [1.82, 2.24) is 14.7 Å². The fraction of sp³-hybridized carbons (Fsp3) is 0.333. The van der Waals surface area contributed by atoms with Gasteiger partial charge in [-0.05, 0) is 12.2 Å². The van der Waals surface area contributed by atoms with Crippen LogP contribution in [-0.2, 0) is 4.79 Å². The summed E-state index contributed by atoms with van der Waals surface area (Å²) in [4.78, 5) is 15.5. The van der Waals surface area contributed by atoms with Crippen molar-refractivity contribution in [3.05, 3.63) is 24.8 Å². The number of hydrogen-bond acceptors (Lipinski definition) is 3. The number of likely N-dealkylation sites (N-methyl/N-ethyl adjacent to an activating group) is 1. The maximum Gasteiger partial charge on any atom is 0.323 e. The van der Waals surface area contributed by atoms with E-state index in [4.69, 9.17) is 17.3 Å². The Labute approximate surface area is 93.9 Å². The fourth-order valence-corrected chi connectivity index (χ4v) is 1.23. The Morgan fingerprint density at radius 3 is 2.40 bits per heavy atom. The van der Waals surface area contributed by atoms with Gasteiger partial charge in [0.1, 0.15) is 6.54 Å². The summed E-state index contributed by atoms with van der Waals surface area (Å²) in [6.45, 7) is -0.104. The summed E-state index contributed by atoms with van der Waals surface area (Å²) >= 11 is 5.12. The molecule has 1 N–H and O–H groups in total. The van der Waals surface area contributed by atoms with Gasteiger partial charge in [-0.25, -0.2) is 0 Å². The van der Waals surface area contributed by atoms with E-state index in [1.807, 2.05) is 24.3 Å². The molecule has 0 aliphatic carbocycles. The largest absolute Gasteiger partial charge is 0.480 e. The highest BCUT2D eigenvalue weighted by Gasteiger charge is 2.13. The van der Waals surface area contributed by atoms with E-state index in [0.29, 0.717) is 5.11 Å². The molecule has 6 heteroatoms. The molecule has 1 aliphatic heterocycles. The average molecular weight is 227 g/mol. The smallest absolute Gasteiger partial charge is 0.323 e. The molecule has 5 nitrogen and oxygen atoms in total. The van der Waals surface area contributed by atoms with Crippen molar-refractivity contribution in [2.24, 2.45) is 0 Å². The van der Waals surface area contributed by atoms with Crippen LogP contribution in [0.1, 0.15) is 0 Å². The maximum atomic E-state index is 10.5. The molecule has 0 aromatic heterocycles. The summed E-state index contributed by atoms with van der Waals surface area (Å²) in [7, 11) is 3.55. The molecule has 0 spiro atoms. The fourth-order valence-electron chi connectivity index (χ4n) is 1.05. The van der Waals surface area contributed by atoms with Gasteiger partial charge >= 0.3 is 5.97 Å². The van der Waals surface area contributed by atoms with Crippen LogP contribution in [0.4, 0.5) is 0 Å². The van der Waals surface area contributed by atoms with Crippen molar-refractivity contribution in [2.75, 3.05) is 20.6 Å². The molecule has 0 fully saturated rings. The summed E-state index contributed by atoms with van der Waals surface area (Å²) in [6, 6.07) is 0. The van der Waals surface area contributed by atoms with E-state index in [0.717, 1.165) is 0 Å². The second kappa shape index (κ2) is 4.79. The number of hydrogen-bond donors (Lipinski definition) is 1. The van der Waals surface area contributed by atoms with E-state index < -0.39 is 5.97 Å². The Kier molecular flexibility index (Phi) is 3.68. The van der Waals surface area contributed by atoms with Gasteiger partial charge in [0.05, 0.1) is 0 Å². The molecule has 0 aromatic rings. The summed E-state index contributed by atoms with van der Waals surface area (Å²) in [5.41, 5.74) is 0. The summed E-state index contributed by atoms with van der Waals surface area (Å²) in [5.74, 6) is -0.901. The second-order valence-electron chi connectivity index (χ2n) is 3.20. The van der Waals surface area contributed by atoms with Crippen LogP contribution in [0.5, 0.6) is 0 Å². The molecule has 82 valence electrons. The summed E-state index contributed by atoms with van der Waals surface area (Å²) < 4.78 is 0. The maximum absolute atomic E-state index is 10.5. The van der Waals surface area contributed by atoms with Crippen LogP contribution in [0.3, 0.4) is 0 Å². The number of carboxylic acids is 1. The molecule has 0 aromatic carbocycles. The van der Waals surface area contributed by atoms with E-state index >= 15 is 0 Å². The second-order valence-corrected chi connectivity index (χ2v) is 3.57. The van der Waals surface area contributed by atoms with Gasteiger partial charge in [-0.2, -0.15) is 0 Å². The van der Waals surface area contributed by atoms with Gasteiger partial charge in [0, 0.05) is 38.9 Å². The lowest BCUT2D eigenvalue weighted by atomic mass is 10.5. The predicted octanol–water partition coefficient (Wildman–Crippen LogP) is 0.477. The zero-order valence-electron chi connectivity index (χ0n) is 8.62. The van der Waals surface area contributed by atoms with Crippen LogP contribution in [-0.4, -0.2) is 51.5 Å². The lowest BCUT2D eigenvalue weighted by molar-refractivity contribution is -0.137. The molecule has 1 aliphatic rings. The van der Waals surface area contributed by atoms with Crippen molar-refractivity contribution in [3.63, 3.8) is 0 Å². The number of carbonyl (C=O) groups is 1. The molecule has 0 atom stereocenters. The molecule has 1 rings (SSSR count). The highest BCUT2D eigenvalue weighted by molar-refractivity contribution is 7.80. The third-order valence-electron chi connectivity index (χ3n) is 1.84. The standard InChI is InChI=1S/C9H13N3O2S/c1-10-3-5-12(6-4-10)9(15)11(2)7-8(13)14/h3-6H,7H2,1-2H3,(H,13,14). The number of aliphatic carboxylic acids is 1. The van der Waals surface area contributed by atoms with Crippen LogP contribution in [0.2, 0.25) is 0 Å². The van der Waals surface area contributed by atoms with E-state index in [-0.39, 0.29) is 6.54 Å².